The normalized spacial score (nSPS) is 30.3. The van der Waals surface area contributed by atoms with E-state index in [9.17, 15) is 19.5 Å². The Labute approximate surface area is 142 Å². The van der Waals surface area contributed by atoms with Gasteiger partial charge in [0.25, 0.3) is 5.91 Å². The maximum absolute atomic E-state index is 12.7. The van der Waals surface area contributed by atoms with Crippen LogP contribution in [0.15, 0.2) is 23.6 Å². The number of aliphatic carboxylic acids is 1. The Hall–Kier alpha value is -2.15. The van der Waals surface area contributed by atoms with Gasteiger partial charge in [0.1, 0.15) is 5.00 Å². The Morgan fingerprint density at radius 2 is 1.83 bits per heavy atom. The molecule has 3 aliphatic rings. The Morgan fingerprint density at radius 1 is 1.12 bits per heavy atom. The topological polar surface area (TPSA) is 95.5 Å². The molecule has 0 aromatic carbocycles. The number of carboxylic acid groups (broad SMARTS) is 1. The molecule has 4 rings (SSSR count). The maximum atomic E-state index is 12.7. The second-order valence-electron chi connectivity index (χ2n) is 6.74. The second kappa shape index (κ2) is 5.73. The molecule has 0 unspecified atom stereocenters. The zero-order valence-electron chi connectivity index (χ0n) is 12.9. The average Bonchev–Trinajstić information content (AvgIpc) is 2.98. The SMILES string of the molecule is O=C(NC1CC1)c1ccsc1NC(=O)[C@@H]1[C@H](C(=O)O)[C@@H]2C=C[C@H]1C2. The van der Waals surface area contributed by atoms with Gasteiger partial charge in [0.15, 0.2) is 0 Å². The van der Waals surface area contributed by atoms with Crippen molar-refractivity contribution in [3.05, 3.63) is 29.2 Å². The highest BCUT2D eigenvalue weighted by Gasteiger charge is 2.51. The average molecular weight is 346 g/mol. The van der Waals surface area contributed by atoms with E-state index in [4.69, 9.17) is 0 Å². The summed E-state index contributed by atoms with van der Waals surface area (Å²) in [5.74, 6) is -2.75. The van der Waals surface area contributed by atoms with Gasteiger partial charge in [-0.2, -0.15) is 0 Å². The molecule has 6 nitrogen and oxygen atoms in total. The summed E-state index contributed by atoms with van der Waals surface area (Å²) < 4.78 is 0. The number of anilines is 1. The van der Waals surface area contributed by atoms with Gasteiger partial charge >= 0.3 is 5.97 Å². The highest BCUT2D eigenvalue weighted by atomic mass is 32.1. The molecule has 126 valence electrons. The van der Waals surface area contributed by atoms with Gasteiger partial charge in [-0.1, -0.05) is 12.2 Å². The molecule has 3 N–H and O–H groups in total. The molecule has 24 heavy (non-hydrogen) atoms. The smallest absolute Gasteiger partial charge is 0.307 e. The summed E-state index contributed by atoms with van der Waals surface area (Å²) in [6.45, 7) is 0. The van der Waals surface area contributed by atoms with E-state index < -0.39 is 17.8 Å². The number of carbonyl (C=O) groups excluding carboxylic acids is 2. The number of hydrogen-bond acceptors (Lipinski definition) is 4. The third-order valence-electron chi connectivity index (χ3n) is 5.11. The molecule has 1 heterocycles. The van der Waals surface area contributed by atoms with Crippen molar-refractivity contribution < 1.29 is 19.5 Å². The number of carboxylic acids is 1. The number of amides is 2. The summed E-state index contributed by atoms with van der Waals surface area (Å²) in [4.78, 5) is 36.4. The number of fused-ring (bicyclic) bond motifs is 2. The molecule has 1 aromatic rings. The molecule has 4 atom stereocenters. The standard InChI is InChI=1S/C17H18N2O4S/c20-14(18-10-3-4-10)11-5-6-24-16(11)19-15(21)12-8-1-2-9(7-8)13(12)17(22)23/h1-2,5-6,8-10,12-13H,3-4,7H2,(H,18,20)(H,19,21)(H,22,23)/t8-,9+,12-,13+/m0/s1. The summed E-state index contributed by atoms with van der Waals surface area (Å²) >= 11 is 1.28. The van der Waals surface area contributed by atoms with Crippen molar-refractivity contribution in [3.8, 4) is 0 Å². The van der Waals surface area contributed by atoms with Crippen LogP contribution in [0.3, 0.4) is 0 Å². The predicted octanol–water partition coefficient (Wildman–Crippen LogP) is 2.10. The van der Waals surface area contributed by atoms with Crippen LogP contribution in [0, 0.1) is 23.7 Å². The molecule has 2 saturated carbocycles. The monoisotopic (exact) mass is 346 g/mol. The molecule has 2 amide bonds. The van der Waals surface area contributed by atoms with Crippen LogP contribution in [0.5, 0.6) is 0 Å². The lowest BCUT2D eigenvalue weighted by molar-refractivity contribution is -0.146. The first-order valence-electron chi connectivity index (χ1n) is 8.15. The first kappa shape index (κ1) is 15.4. The summed E-state index contributed by atoms with van der Waals surface area (Å²) in [6.07, 6.45) is 6.57. The van der Waals surface area contributed by atoms with Gasteiger partial charge in [-0.15, -0.1) is 11.3 Å². The second-order valence-corrected chi connectivity index (χ2v) is 7.65. The molecule has 0 spiro atoms. The zero-order chi connectivity index (χ0) is 16.8. The van der Waals surface area contributed by atoms with E-state index in [-0.39, 0.29) is 29.7 Å². The summed E-state index contributed by atoms with van der Waals surface area (Å²) in [5.41, 5.74) is 0.450. The fourth-order valence-corrected chi connectivity index (χ4v) is 4.57. The fraction of sp³-hybridized carbons (Fsp3) is 0.471. The molecule has 1 aromatic heterocycles. The molecule has 2 bridgehead atoms. The molecule has 0 saturated heterocycles. The minimum absolute atomic E-state index is 0.0280. The minimum atomic E-state index is -0.926. The highest BCUT2D eigenvalue weighted by Crippen LogP contribution is 2.48. The minimum Gasteiger partial charge on any atom is -0.481 e. The molecule has 7 heteroatoms. The number of hydrogen-bond donors (Lipinski definition) is 3. The van der Waals surface area contributed by atoms with E-state index in [2.05, 4.69) is 10.6 Å². The van der Waals surface area contributed by atoms with Crippen molar-refractivity contribution in [2.75, 3.05) is 5.32 Å². The Kier molecular flexibility index (Phi) is 3.68. The third-order valence-corrected chi connectivity index (χ3v) is 5.94. The van der Waals surface area contributed by atoms with Gasteiger partial charge in [-0.05, 0) is 42.5 Å². The van der Waals surface area contributed by atoms with E-state index in [0.717, 1.165) is 12.8 Å². The molecule has 0 aliphatic heterocycles. The van der Waals surface area contributed by atoms with Gasteiger partial charge < -0.3 is 15.7 Å². The number of allylic oxidation sites excluding steroid dienone is 2. The summed E-state index contributed by atoms with van der Waals surface area (Å²) in [5, 5.41) is 17.4. The Morgan fingerprint density at radius 3 is 2.50 bits per heavy atom. The molecule has 2 fully saturated rings. The van der Waals surface area contributed by atoms with Gasteiger partial charge in [0.05, 0.1) is 17.4 Å². The zero-order valence-corrected chi connectivity index (χ0v) is 13.7. The first-order chi connectivity index (χ1) is 11.5. The lowest BCUT2D eigenvalue weighted by atomic mass is 9.82. The van der Waals surface area contributed by atoms with Crippen LogP contribution < -0.4 is 10.6 Å². The lowest BCUT2D eigenvalue weighted by Gasteiger charge is -2.23. The predicted molar refractivity (Wildman–Crippen MR) is 88.8 cm³/mol. The Bertz CT molecular complexity index is 737. The largest absolute Gasteiger partial charge is 0.481 e. The van der Waals surface area contributed by atoms with Crippen LogP contribution in [-0.2, 0) is 9.59 Å². The summed E-state index contributed by atoms with van der Waals surface area (Å²) in [6, 6.07) is 1.93. The van der Waals surface area contributed by atoms with E-state index in [1.54, 1.807) is 11.4 Å². The molecular weight excluding hydrogens is 328 g/mol. The van der Waals surface area contributed by atoms with Crippen molar-refractivity contribution in [2.45, 2.75) is 25.3 Å². The van der Waals surface area contributed by atoms with E-state index in [1.165, 1.54) is 11.3 Å². The van der Waals surface area contributed by atoms with Crippen molar-refractivity contribution in [1.82, 2.24) is 5.32 Å². The molecule has 3 aliphatic carbocycles. The van der Waals surface area contributed by atoms with Crippen molar-refractivity contribution >= 4 is 34.1 Å². The third kappa shape index (κ3) is 2.62. The van der Waals surface area contributed by atoms with Crippen LogP contribution in [0.25, 0.3) is 0 Å². The van der Waals surface area contributed by atoms with Crippen molar-refractivity contribution in [1.29, 1.82) is 0 Å². The van der Waals surface area contributed by atoms with Crippen LogP contribution in [0.1, 0.15) is 29.6 Å². The lowest BCUT2D eigenvalue weighted by Crippen LogP contribution is -2.36. The Balaban J connectivity index is 1.50. The number of thiophene rings is 1. The highest BCUT2D eigenvalue weighted by molar-refractivity contribution is 7.14. The van der Waals surface area contributed by atoms with Crippen LogP contribution in [0.4, 0.5) is 5.00 Å². The molecule has 0 radical (unpaired) electrons. The van der Waals surface area contributed by atoms with Gasteiger partial charge in [0.2, 0.25) is 5.91 Å². The van der Waals surface area contributed by atoms with Crippen LogP contribution >= 0.6 is 11.3 Å². The van der Waals surface area contributed by atoms with Crippen molar-refractivity contribution in [3.63, 3.8) is 0 Å². The fourth-order valence-electron chi connectivity index (χ4n) is 3.79. The van der Waals surface area contributed by atoms with Crippen molar-refractivity contribution in [2.24, 2.45) is 23.7 Å². The number of nitrogens with one attached hydrogen (secondary N) is 2. The van der Waals surface area contributed by atoms with Crippen LogP contribution in [-0.4, -0.2) is 28.9 Å². The van der Waals surface area contributed by atoms with Gasteiger partial charge in [-0.25, -0.2) is 0 Å². The maximum Gasteiger partial charge on any atom is 0.307 e. The number of carbonyl (C=O) groups is 3. The first-order valence-corrected chi connectivity index (χ1v) is 9.03. The molecular formula is C17H18N2O4S. The van der Waals surface area contributed by atoms with E-state index in [0.29, 0.717) is 17.0 Å². The van der Waals surface area contributed by atoms with E-state index in [1.807, 2.05) is 12.2 Å². The number of rotatable bonds is 5. The quantitative estimate of drug-likeness (QED) is 0.712. The summed E-state index contributed by atoms with van der Waals surface area (Å²) in [7, 11) is 0. The van der Waals surface area contributed by atoms with Gasteiger partial charge in [0, 0.05) is 6.04 Å². The van der Waals surface area contributed by atoms with E-state index >= 15 is 0 Å². The van der Waals surface area contributed by atoms with Gasteiger partial charge in [-0.3, -0.25) is 14.4 Å². The van der Waals surface area contributed by atoms with Crippen LogP contribution in [0.2, 0.25) is 0 Å².